The van der Waals surface area contributed by atoms with E-state index in [-0.39, 0.29) is 16.5 Å². The first-order valence-corrected chi connectivity index (χ1v) is 15.6. The van der Waals surface area contributed by atoms with E-state index in [0.29, 0.717) is 34.2 Å². The predicted molar refractivity (Wildman–Crippen MR) is 183 cm³/mol. The van der Waals surface area contributed by atoms with Crippen molar-refractivity contribution < 1.29 is 23.9 Å². The summed E-state index contributed by atoms with van der Waals surface area (Å²) >= 11 is 11.1. The zero-order valence-electron chi connectivity index (χ0n) is 23.8. The molecule has 0 saturated carbocycles. The summed E-state index contributed by atoms with van der Waals surface area (Å²) in [7, 11) is 0. The molecule has 0 spiro atoms. The summed E-state index contributed by atoms with van der Waals surface area (Å²) < 4.78 is 13.1. The van der Waals surface area contributed by atoms with Crippen LogP contribution in [-0.4, -0.2) is 30.6 Å². The third-order valence-corrected chi connectivity index (χ3v) is 8.40. The Morgan fingerprint density at radius 3 is 2.47 bits per heavy atom. The van der Waals surface area contributed by atoms with Crippen LogP contribution < -0.4 is 20.2 Å². The van der Waals surface area contributed by atoms with Crippen LogP contribution in [0.15, 0.2) is 107 Å². The molecular formula is C34H25BrClN3O5S. The minimum atomic E-state index is -0.596. The highest BCUT2D eigenvalue weighted by atomic mass is 79.9. The number of halogens is 2. The van der Waals surface area contributed by atoms with E-state index in [4.69, 9.17) is 21.1 Å². The highest BCUT2D eigenvalue weighted by molar-refractivity contribution is 9.10. The molecule has 2 N–H and O–H groups in total. The van der Waals surface area contributed by atoms with Crippen molar-refractivity contribution in [3.05, 3.63) is 128 Å². The van der Waals surface area contributed by atoms with Gasteiger partial charge >= 0.3 is 5.97 Å². The van der Waals surface area contributed by atoms with E-state index >= 15 is 0 Å². The van der Waals surface area contributed by atoms with Crippen LogP contribution >= 0.6 is 38.9 Å². The number of thiophene rings is 1. The number of amides is 2. The molecule has 0 aliphatic carbocycles. The second-order valence-corrected chi connectivity index (χ2v) is 11.8. The number of ether oxygens (including phenoxy) is 2. The molecule has 1 aromatic heterocycles. The molecule has 11 heteroatoms. The first-order valence-electron chi connectivity index (χ1n) is 13.6. The fourth-order valence-corrected chi connectivity index (χ4v) is 6.07. The first-order chi connectivity index (χ1) is 21.8. The van der Waals surface area contributed by atoms with Crippen molar-refractivity contribution in [2.45, 2.75) is 6.92 Å². The van der Waals surface area contributed by atoms with Gasteiger partial charge in [0.05, 0.1) is 17.8 Å². The minimum Gasteiger partial charge on any atom is -0.490 e. The van der Waals surface area contributed by atoms with Crippen LogP contribution in [0.2, 0.25) is 5.02 Å². The number of nitrogens with one attached hydrogen (secondary N) is 2. The molecule has 45 heavy (non-hydrogen) atoms. The van der Waals surface area contributed by atoms with Crippen molar-refractivity contribution in [1.82, 2.24) is 5.43 Å². The molecule has 5 rings (SSSR count). The summed E-state index contributed by atoms with van der Waals surface area (Å²) in [5, 5.41) is 7.90. The van der Waals surface area contributed by atoms with E-state index in [0.717, 1.165) is 20.1 Å². The lowest BCUT2D eigenvalue weighted by molar-refractivity contribution is -0.111. The van der Waals surface area contributed by atoms with Crippen molar-refractivity contribution in [3.8, 4) is 11.5 Å². The van der Waals surface area contributed by atoms with Crippen LogP contribution in [0.25, 0.3) is 16.2 Å². The fourth-order valence-electron chi connectivity index (χ4n) is 4.13. The fraction of sp³-hybridized carbons (Fsp3) is 0.0588. The van der Waals surface area contributed by atoms with E-state index < -0.39 is 11.9 Å². The van der Waals surface area contributed by atoms with Gasteiger partial charge in [-0.2, -0.15) is 5.10 Å². The van der Waals surface area contributed by atoms with Crippen LogP contribution in [0.4, 0.5) is 5.69 Å². The van der Waals surface area contributed by atoms with Crippen molar-refractivity contribution in [1.29, 1.82) is 0 Å². The number of hydrazone groups is 1. The van der Waals surface area contributed by atoms with Gasteiger partial charge in [-0.3, -0.25) is 9.59 Å². The molecule has 0 bridgehead atoms. The third kappa shape index (κ3) is 8.24. The molecule has 0 saturated heterocycles. The second-order valence-electron chi connectivity index (χ2n) is 9.42. The number of carbonyl (C=O) groups is 3. The molecule has 0 aliphatic rings. The number of esters is 1. The Morgan fingerprint density at radius 1 is 0.933 bits per heavy atom. The molecule has 1 heterocycles. The van der Waals surface area contributed by atoms with Crippen molar-refractivity contribution in [2.75, 3.05) is 11.9 Å². The summed E-state index contributed by atoms with van der Waals surface area (Å²) in [5.41, 5.74) is 4.89. The van der Waals surface area contributed by atoms with E-state index in [2.05, 4.69) is 31.8 Å². The molecule has 5 aromatic rings. The number of nitrogens with zero attached hydrogens (tertiary/aromatic N) is 1. The van der Waals surface area contributed by atoms with Gasteiger partial charge in [0.2, 0.25) is 5.91 Å². The quantitative estimate of drug-likeness (QED) is 0.0501. The average Bonchev–Trinajstić information content (AvgIpc) is 3.37. The Bertz CT molecular complexity index is 1920. The van der Waals surface area contributed by atoms with Gasteiger partial charge in [-0.05, 0) is 78.7 Å². The maximum absolute atomic E-state index is 13.0. The summed E-state index contributed by atoms with van der Waals surface area (Å²) in [5.74, 6) is -0.764. The topological polar surface area (TPSA) is 106 Å². The molecule has 4 aromatic carbocycles. The average molecular weight is 703 g/mol. The van der Waals surface area contributed by atoms with Gasteiger partial charge in [0.1, 0.15) is 4.88 Å². The molecule has 0 aliphatic heterocycles. The van der Waals surface area contributed by atoms with Crippen molar-refractivity contribution in [2.24, 2.45) is 5.10 Å². The van der Waals surface area contributed by atoms with E-state index in [1.54, 1.807) is 48.5 Å². The number of benzene rings is 4. The summed E-state index contributed by atoms with van der Waals surface area (Å²) in [6.07, 6.45) is 4.60. The van der Waals surface area contributed by atoms with E-state index in [1.807, 2.05) is 55.5 Å². The highest BCUT2D eigenvalue weighted by Gasteiger charge is 2.21. The number of hydrogen-bond acceptors (Lipinski definition) is 7. The maximum Gasteiger partial charge on any atom is 0.355 e. The van der Waals surface area contributed by atoms with Crippen LogP contribution in [0.5, 0.6) is 11.5 Å². The molecular weight excluding hydrogens is 678 g/mol. The number of hydrogen-bond donors (Lipinski definition) is 2. The highest BCUT2D eigenvalue weighted by Crippen LogP contribution is 2.38. The Labute approximate surface area is 276 Å². The molecule has 0 unspecified atom stereocenters. The number of carbonyl (C=O) groups excluding carboxylic acids is 3. The van der Waals surface area contributed by atoms with Gasteiger partial charge in [-0.1, -0.05) is 63.9 Å². The maximum atomic E-state index is 13.0. The van der Waals surface area contributed by atoms with Crippen molar-refractivity contribution in [3.63, 3.8) is 0 Å². The van der Waals surface area contributed by atoms with Crippen LogP contribution in [0, 0.1) is 0 Å². The Balaban J connectivity index is 1.19. The monoisotopic (exact) mass is 701 g/mol. The normalized spacial score (nSPS) is 11.2. The number of fused-ring (bicyclic) bond motifs is 1. The lowest BCUT2D eigenvalue weighted by atomic mass is 10.2. The Kier molecular flexibility index (Phi) is 10.4. The first kappa shape index (κ1) is 31.6. The van der Waals surface area contributed by atoms with Gasteiger partial charge in [0.15, 0.2) is 11.5 Å². The van der Waals surface area contributed by atoms with Gasteiger partial charge in [0, 0.05) is 31.9 Å². The zero-order chi connectivity index (χ0) is 31.8. The van der Waals surface area contributed by atoms with Gasteiger partial charge in [0.25, 0.3) is 5.91 Å². The van der Waals surface area contributed by atoms with E-state index in [1.165, 1.54) is 23.6 Å². The number of anilines is 1. The van der Waals surface area contributed by atoms with Gasteiger partial charge in [-0.15, -0.1) is 11.3 Å². The SMILES string of the molecule is CCOc1cc(/C=N\NC(=O)c2ccc(NC(=O)/C=C/c3ccccc3)cc2)ccc1OC(=O)c1sc2cc(Br)ccc2c1Cl. The summed E-state index contributed by atoms with van der Waals surface area (Å²) in [4.78, 5) is 38.1. The number of rotatable bonds is 10. The van der Waals surface area contributed by atoms with Gasteiger partial charge in [-0.25, -0.2) is 10.2 Å². The summed E-state index contributed by atoms with van der Waals surface area (Å²) in [6, 6.07) is 26.4. The minimum absolute atomic E-state index is 0.223. The van der Waals surface area contributed by atoms with Gasteiger partial charge < -0.3 is 14.8 Å². The predicted octanol–water partition coefficient (Wildman–Crippen LogP) is 8.35. The Hall–Kier alpha value is -4.77. The van der Waals surface area contributed by atoms with E-state index in [9.17, 15) is 14.4 Å². The lowest BCUT2D eigenvalue weighted by Crippen LogP contribution is -2.17. The second kappa shape index (κ2) is 14.8. The lowest BCUT2D eigenvalue weighted by Gasteiger charge is -2.11. The smallest absolute Gasteiger partial charge is 0.355 e. The molecule has 8 nitrogen and oxygen atoms in total. The molecule has 226 valence electrons. The van der Waals surface area contributed by atoms with Crippen molar-refractivity contribution >= 4 is 84.7 Å². The van der Waals surface area contributed by atoms with Crippen LogP contribution in [0.3, 0.4) is 0 Å². The largest absolute Gasteiger partial charge is 0.490 e. The third-order valence-electron chi connectivity index (χ3n) is 6.27. The molecule has 2 amide bonds. The van der Waals surface area contributed by atoms with Crippen LogP contribution in [0.1, 0.15) is 38.1 Å². The zero-order valence-corrected chi connectivity index (χ0v) is 26.9. The molecule has 0 atom stereocenters. The summed E-state index contributed by atoms with van der Waals surface area (Å²) in [6.45, 7) is 2.14. The standard InChI is InChI=1S/C34H25BrClN3O5S/c1-2-43-28-18-22(8-16-27(28)44-34(42)32-31(36)26-15-12-24(35)19-29(26)45-32)20-37-39-33(41)23-10-13-25(14-11-23)38-30(40)17-9-21-6-4-3-5-7-21/h3-20H,2H2,1H3,(H,38,40)(H,39,41)/b17-9+,37-20-. The Morgan fingerprint density at radius 2 is 1.71 bits per heavy atom. The van der Waals surface area contributed by atoms with Crippen LogP contribution in [-0.2, 0) is 4.79 Å². The molecule has 0 radical (unpaired) electrons. The molecule has 0 fully saturated rings.